The molecule has 0 radical (unpaired) electrons. The van der Waals surface area contributed by atoms with Crippen LogP contribution in [0.1, 0.15) is 0 Å². The van der Waals surface area contributed by atoms with Gasteiger partial charge >= 0.3 is 0 Å². The average Bonchev–Trinajstić information content (AvgIpc) is 2.40. The van der Waals surface area contributed by atoms with Crippen LogP contribution in [0.25, 0.3) is 11.1 Å². The van der Waals surface area contributed by atoms with Gasteiger partial charge in [-0.05, 0) is 35.9 Å². The van der Waals surface area contributed by atoms with Crippen molar-refractivity contribution < 1.29 is 0 Å². The van der Waals surface area contributed by atoms with Crippen LogP contribution in [-0.2, 0) is 0 Å². The molecule has 0 aromatic heterocycles. The summed E-state index contributed by atoms with van der Waals surface area (Å²) >= 11 is 0. The lowest BCUT2D eigenvalue weighted by molar-refractivity contribution is 1.02. The predicted molar refractivity (Wildman–Crippen MR) is 78.2 cm³/mol. The van der Waals surface area contributed by atoms with E-state index >= 15 is 0 Å². The van der Waals surface area contributed by atoms with Crippen LogP contribution < -0.4 is 22.5 Å². The van der Waals surface area contributed by atoms with Crippen molar-refractivity contribution in [2.45, 2.75) is 0 Å². The number of rotatable bonds is 4. The highest BCUT2D eigenvalue weighted by Gasteiger charge is 2.03. The minimum absolute atomic E-state index is 0.615. The van der Waals surface area contributed by atoms with Crippen LogP contribution in [0, 0.1) is 0 Å². The van der Waals surface area contributed by atoms with E-state index in [-0.39, 0.29) is 0 Å². The Morgan fingerprint density at radius 1 is 0.944 bits per heavy atom. The van der Waals surface area contributed by atoms with Crippen molar-refractivity contribution in [2.24, 2.45) is 5.73 Å². The van der Waals surface area contributed by atoms with Crippen LogP contribution in [0.4, 0.5) is 17.1 Å². The van der Waals surface area contributed by atoms with Gasteiger partial charge in [0.1, 0.15) is 0 Å². The third-order valence-corrected chi connectivity index (χ3v) is 2.75. The van der Waals surface area contributed by atoms with Gasteiger partial charge in [-0.2, -0.15) is 0 Å². The molecule has 2 aromatic carbocycles. The lowest BCUT2D eigenvalue weighted by Crippen LogP contribution is -2.12. The van der Waals surface area contributed by atoms with Gasteiger partial charge in [-0.3, -0.25) is 0 Å². The molecule has 94 valence electrons. The molecule has 0 aliphatic heterocycles. The van der Waals surface area contributed by atoms with E-state index < -0.39 is 0 Å². The predicted octanol–water partition coefficient (Wildman–Crippen LogP) is 1.89. The van der Waals surface area contributed by atoms with E-state index in [0.29, 0.717) is 12.2 Å². The summed E-state index contributed by atoms with van der Waals surface area (Å²) in [6, 6.07) is 13.6. The average molecular weight is 242 g/mol. The molecule has 0 spiro atoms. The van der Waals surface area contributed by atoms with Gasteiger partial charge in [-0.1, -0.05) is 12.1 Å². The van der Waals surface area contributed by atoms with Crippen molar-refractivity contribution in [3.63, 3.8) is 0 Å². The van der Waals surface area contributed by atoms with Crippen LogP contribution in [0.15, 0.2) is 42.5 Å². The zero-order valence-corrected chi connectivity index (χ0v) is 10.2. The normalized spacial score (nSPS) is 10.3. The van der Waals surface area contributed by atoms with Crippen LogP contribution in [0.5, 0.6) is 0 Å². The number of anilines is 3. The summed E-state index contributed by atoms with van der Waals surface area (Å²) in [5, 5.41) is 3.22. The second-order valence-electron chi connectivity index (χ2n) is 4.14. The fourth-order valence-electron chi connectivity index (χ4n) is 1.81. The summed E-state index contributed by atoms with van der Waals surface area (Å²) in [5.41, 5.74) is 21.7. The molecular formula is C14H18N4. The maximum absolute atomic E-state index is 5.95. The molecule has 4 nitrogen and oxygen atoms in total. The van der Waals surface area contributed by atoms with E-state index in [0.717, 1.165) is 29.0 Å². The number of nitrogens with one attached hydrogen (secondary N) is 1. The first-order valence-electron chi connectivity index (χ1n) is 5.90. The second kappa shape index (κ2) is 5.42. The number of nitrogens with two attached hydrogens (primary N) is 3. The molecular weight excluding hydrogens is 224 g/mol. The SMILES string of the molecule is NCCNc1ccc(-c2cc(N)ccc2N)cc1. The summed E-state index contributed by atoms with van der Waals surface area (Å²) in [7, 11) is 0. The van der Waals surface area contributed by atoms with Crippen LogP contribution >= 0.6 is 0 Å². The highest BCUT2D eigenvalue weighted by molar-refractivity contribution is 5.79. The number of nitrogen functional groups attached to an aromatic ring is 2. The molecule has 0 amide bonds. The maximum Gasteiger partial charge on any atom is 0.0395 e. The monoisotopic (exact) mass is 242 g/mol. The van der Waals surface area contributed by atoms with Crippen molar-refractivity contribution >= 4 is 17.1 Å². The lowest BCUT2D eigenvalue weighted by Gasteiger charge is -2.09. The van der Waals surface area contributed by atoms with E-state index in [1.165, 1.54) is 0 Å². The molecule has 4 heteroatoms. The van der Waals surface area contributed by atoms with Crippen LogP contribution in [0.2, 0.25) is 0 Å². The van der Waals surface area contributed by atoms with Gasteiger partial charge in [0.15, 0.2) is 0 Å². The van der Waals surface area contributed by atoms with E-state index in [9.17, 15) is 0 Å². The zero-order chi connectivity index (χ0) is 13.0. The van der Waals surface area contributed by atoms with Crippen LogP contribution in [-0.4, -0.2) is 13.1 Å². The Labute approximate surface area is 107 Å². The van der Waals surface area contributed by atoms with Gasteiger partial charge in [0, 0.05) is 35.7 Å². The van der Waals surface area contributed by atoms with E-state index in [1.54, 1.807) is 6.07 Å². The van der Waals surface area contributed by atoms with E-state index in [1.807, 2.05) is 36.4 Å². The molecule has 2 rings (SSSR count). The fraction of sp³-hybridized carbons (Fsp3) is 0.143. The van der Waals surface area contributed by atoms with Gasteiger partial charge in [0.25, 0.3) is 0 Å². The maximum atomic E-state index is 5.95. The largest absolute Gasteiger partial charge is 0.399 e. The van der Waals surface area contributed by atoms with Gasteiger partial charge < -0.3 is 22.5 Å². The molecule has 2 aromatic rings. The number of hydrogen-bond acceptors (Lipinski definition) is 4. The van der Waals surface area contributed by atoms with Crippen molar-refractivity contribution in [3.05, 3.63) is 42.5 Å². The molecule has 0 saturated carbocycles. The summed E-state index contributed by atoms with van der Waals surface area (Å²) in [6.45, 7) is 1.38. The molecule has 0 aliphatic carbocycles. The highest BCUT2D eigenvalue weighted by atomic mass is 14.9. The van der Waals surface area contributed by atoms with Gasteiger partial charge in [0.2, 0.25) is 0 Å². The molecule has 18 heavy (non-hydrogen) atoms. The fourth-order valence-corrected chi connectivity index (χ4v) is 1.81. The Morgan fingerprint density at radius 3 is 2.33 bits per heavy atom. The Bertz CT molecular complexity index is 520. The first-order valence-corrected chi connectivity index (χ1v) is 5.90. The first kappa shape index (κ1) is 12.3. The number of benzene rings is 2. The first-order chi connectivity index (χ1) is 8.70. The Kier molecular flexibility index (Phi) is 3.69. The summed E-state index contributed by atoms with van der Waals surface area (Å²) in [4.78, 5) is 0. The van der Waals surface area contributed by atoms with Gasteiger partial charge in [-0.25, -0.2) is 0 Å². The standard InChI is InChI=1S/C14H18N4/c15-7-8-18-12-4-1-10(2-5-12)13-9-11(16)3-6-14(13)17/h1-6,9,18H,7-8,15-17H2. The van der Waals surface area contributed by atoms with Crippen molar-refractivity contribution in [1.29, 1.82) is 0 Å². The Hall–Kier alpha value is -2.20. The minimum atomic E-state index is 0.615. The van der Waals surface area contributed by atoms with Crippen molar-refractivity contribution in [3.8, 4) is 11.1 Å². The molecule has 7 N–H and O–H groups in total. The third-order valence-electron chi connectivity index (χ3n) is 2.75. The van der Waals surface area contributed by atoms with Gasteiger partial charge in [0.05, 0.1) is 0 Å². The summed E-state index contributed by atoms with van der Waals surface area (Å²) in [5.74, 6) is 0. The Balaban J connectivity index is 2.25. The molecule has 0 unspecified atom stereocenters. The minimum Gasteiger partial charge on any atom is -0.399 e. The second-order valence-corrected chi connectivity index (χ2v) is 4.14. The van der Waals surface area contributed by atoms with Crippen molar-refractivity contribution in [1.82, 2.24) is 0 Å². The summed E-state index contributed by atoms with van der Waals surface area (Å²) in [6.07, 6.45) is 0. The van der Waals surface area contributed by atoms with Crippen LogP contribution in [0.3, 0.4) is 0 Å². The zero-order valence-electron chi connectivity index (χ0n) is 10.2. The molecule has 0 aliphatic rings. The van der Waals surface area contributed by atoms with E-state index in [4.69, 9.17) is 17.2 Å². The third kappa shape index (κ3) is 2.73. The van der Waals surface area contributed by atoms with E-state index in [2.05, 4.69) is 5.32 Å². The lowest BCUT2D eigenvalue weighted by atomic mass is 10.0. The topological polar surface area (TPSA) is 90.1 Å². The van der Waals surface area contributed by atoms with Gasteiger partial charge in [-0.15, -0.1) is 0 Å². The van der Waals surface area contributed by atoms with Crippen molar-refractivity contribution in [2.75, 3.05) is 29.9 Å². The molecule has 0 atom stereocenters. The highest BCUT2D eigenvalue weighted by Crippen LogP contribution is 2.28. The molecule has 0 fully saturated rings. The smallest absolute Gasteiger partial charge is 0.0395 e. The molecule has 0 heterocycles. The number of hydrogen-bond donors (Lipinski definition) is 4. The Morgan fingerprint density at radius 2 is 1.67 bits per heavy atom. The molecule has 0 bridgehead atoms. The summed E-state index contributed by atoms with van der Waals surface area (Å²) < 4.78 is 0. The quantitative estimate of drug-likeness (QED) is 0.616. The molecule has 0 saturated heterocycles.